The first-order valence-corrected chi connectivity index (χ1v) is 9.29. The van der Waals surface area contributed by atoms with E-state index >= 15 is 0 Å². The molecule has 3 heterocycles. The molecule has 11 heteroatoms. The molecule has 1 aliphatic heterocycles. The van der Waals surface area contributed by atoms with Gasteiger partial charge in [-0.3, -0.25) is 9.58 Å². The lowest BCUT2D eigenvalue weighted by Crippen LogP contribution is -2.44. The molecule has 1 saturated heterocycles. The Kier molecular flexibility index (Phi) is 4.99. The third-order valence-corrected chi connectivity index (χ3v) is 5.38. The maximum absolute atomic E-state index is 11.9. The van der Waals surface area contributed by atoms with E-state index in [1.807, 2.05) is 0 Å². The molecule has 29 heavy (non-hydrogen) atoms. The fourth-order valence-corrected chi connectivity index (χ4v) is 3.80. The molecule has 2 aromatic rings. The van der Waals surface area contributed by atoms with Crippen LogP contribution >= 0.6 is 0 Å². The highest BCUT2D eigenvalue weighted by Gasteiger charge is 2.62. The van der Waals surface area contributed by atoms with Crippen LogP contribution in [0.15, 0.2) is 18.5 Å². The largest absolute Gasteiger partial charge is 0.508 e. The predicted molar refractivity (Wildman–Crippen MR) is 97.3 cm³/mol. The van der Waals surface area contributed by atoms with Crippen molar-refractivity contribution in [3.05, 3.63) is 35.6 Å². The van der Waals surface area contributed by atoms with Gasteiger partial charge in [0.2, 0.25) is 6.61 Å². The minimum absolute atomic E-state index is 0.198. The number of nitrogens with two attached hydrogens (primary N) is 1. The Balaban J connectivity index is 1.51. The summed E-state index contributed by atoms with van der Waals surface area (Å²) in [6.45, 7) is 6.91. The number of ether oxygens (including phenoxy) is 3. The first-order chi connectivity index (χ1) is 13.9. The second kappa shape index (κ2) is 7.47. The lowest BCUT2D eigenvalue weighted by molar-refractivity contribution is -0.0949. The van der Waals surface area contributed by atoms with Crippen LogP contribution in [0.2, 0.25) is 0 Å². The Labute approximate surface area is 165 Å². The van der Waals surface area contributed by atoms with Crippen LogP contribution in [0.3, 0.4) is 0 Å². The molecule has 0 amide bonds. The van der Waals surface area contributed by atoms with Crippen LogP contribution in [0.1, 0.15) is 37.5 Å². The van der Waals surface area contributed by atoms with Gasteiger partial charge in [-0.1, -0.05) is 0 Å². The summed E-state index contributed by atoms with van der Waals surface area (Å²) < 4.78 is 17.4. The van der Waals surface area contributed by atoms with Crippen molar-refractivity contribution in [1.82, 2.24) is 14.6 Å². The van der Waals surface area contributed by atoms with Crippen LogP contribution < -0.4 is 5.73 Å². The third kappa shape index (κ3) is 3.35. The molecule has 0 aromatic carbocycles. The fraction of sp³-hybridized carbons (Fsp3) is 0.556. The summed E-state index contributed by atoms with van der Waals surface area (Å²) in [6, 6.07) is 3.25. The Morgan fingerprint density at radius 3 is 2.90 bits per heavy atom. The van der Waals surface area contributed by atoms with E-state index in [1.165, 1.54) is 10.8 Å². The smallest absolute Gasteiger partial charge is 0.431 e. The average molecular weight is 403 g/mol. The van der Waals surface area contributed by atoms with Crippen molar-refractivity contribution in [3.63, 3.8) is 0 Å². The molecule has 2 aliphatic rings. The normalized spacial score (nSPS) is 29.8. The van der Waals surface area contributed by atoms with Crippen molar-refractivity contribution >= 4 is 17.5 Å². The number of aromatic nitrogens is 3. The number of nitrogen functional groups attached to an aromatic ring is 1. The van der Waals surface area contributed by atoms with Gasteiger partial charge in [-0.05, 0) is 37.8 Å². The zero-order valence-corrected chi connectivity index (χ0v) is 15.5. The van der Waals surface area contributed by atoms with E-state index in [2.05, 4.69) is 14.9 Å². The first kappa shape index (κ1) is 19.4. The first-order valence-electron chi connectivity index (χ1n) is 9.29. The summed E-state index contributed by atoms with van der Waals surface area (Å²) >= 11 is 0. The summed E-state index contributed by atoms with van der Waals surface area (Å²) in [5.41, 5.74) is 4.71. The van der Waals surface area contributed by atoms with Crippen molar-refractivity contribution in [1.29, 1.82) is 0 Å². The maximum atomic E-state index is 11.9. The molecule has 4 N–H and O–H groups in total. The van der Waals surface area contributed by atoms with Crippen LogP contribution in [0.25, 0.3) is 10.4 Å². The van der Waals surface area contributed by atoms with Gasteiger partial charge in [0.25, 0.3) is 0 Å². The molecule has 11 nitrogen and oxygen atoms in total. The number of carbonyl (C=O) groups excluding carboxylic acids is 1. The topological polar surface area (TPSA) is 146 Å². The van der Waals surface area contributed by atoms with E-state index in [0.717, 1.165) is 25.7 Å². The molecule has 0 unspecified atom stereocenters. The van der Waals surface area contributed by atoms with Gasteiger partial charge in [-0.15, -0.1) is 0 Å². The van der Waals surface area contributed by atoms with E-state index < -0.39 is 36.8 Å². The summed E-state index contributed by atoms with van der Waals surface area (Å²) in [5.74, 6) is 0.230. The van der Waals surface area contributed by atoms with Gasteiger partial charge >= 0.3 is 11.9 Å². The lowest BCUT2D eigenvalue weighted by atomic mass is 10.0. The van der Waals surface area contributed by atoms with Crippen molar-refractivity contribution in [2.75, 3.05) is 12.3 Å². The zero-order chi connectivity index (χ0) is 20.6. The van der Waals surface area contributed by atoms with Crippen molar-refractivity contribution in [2.45, 2.75) is 55.8 Å². The van der Waals surface area contributed by atoms with Gasteiger partial charge < -0.3 is 25.4 Å². The molecule has 0 bridgehead atoms. The summed E-state index contributed by atoms with van der Waals surface area (Å²) in [5, 5.41) is 25.1. The van der Waals surface area contributed by atoms with Crippen LogP contribution in [0.4, 0.5) is 10.6 Å². The molecule has 1 aliphatic carbocycles. The van der Waals surface area contributed by atoms with Crippen molar-refractivity contribution < 1.29 is 29.2 Å². The molecular formula is C18H21N5O6. The Morgan fingerprint density at radius 1 is 1.41 bits per heavy atom. The number of hydrogen-bond acceptors (Lipinski definition) is 9. The summed E-state index contributed by atoms with van der Waals surface area (Å²) in [4.78, 5) is 19.2. The second-order valence-electron chi connectivity index (χ2n) is 7.19. The maximum Gasteiger partial charge on any atom is 0.508 e. The van der Waals surface area contributed by atoms with Gasteiger partial charge in [0, 0.05) is 0 Å². The second-order valence-corrected chi connectivity index (χ2v) is 7.19. The monoisotopic (exact) mass is 403 g/mol. The molecular weight excluding hydrogens is 382 g/mol. The molecule has 0 radical (unpaired) electrons. The van der Waals surface area contributed by atoms with E-state index in [-0.39, 0.29) is 11.9 Å². The van der Waals surface area contributed by atoms with E-state index in [0.29, 0.717) is 11.2 Å². The minimum atomic E-state index is -1.97. The number of aliphatic hydroxyl groups is 2. The van der Waals surface area contributed by atoms with E-state index in [9.17, 15) is 15.0 Å². The van der Waals surface area contributed by atoms with Crippen LogP contribution in [0.5, 0.6) is 0 Å². The molecule has 0 spiro atoms. The lowest BCUT2D eigenvalue weighted by Gasteiger charge is -2.19. The number of anilines is 1. The molecule has 2 fully saturated rings. The van der Waals surface area contributed by atoms with Gasteiger partial charge in [0.1, 0.15) is 30.2 Å². The fourth-order valence-electron chi connectivity index (χ4n) is 3.80. The van der Waals surface area contributed by atoms with Gasteiger partial charge in [0.15, 0.2) is 11.9 Å². The van der Waals surface area contributed by atoms with Gasteiger partial charge in [-0.2, -0.15) is 5.10 Å². The molecule has 4 atom stereocenters. The van der Waals surface area contributed by atoms with Crippen LogP contribution in [-0.4, -0.2) is 61.6 Å². The number of aliphatic hydroxyl groups excluding tert-OH is 2. The average Bonchev–Trinajstić information content (AvgIpc) is 3.42. The SMILES string of the molecule is [C-]#[N+][C@]1(COC(=O)OC2CCCC2)O[C@@H](c2ccc3c(N)ncnn23)[C@H](O)[C@@H]1O. The van der Waals surface area contributed by atoms with Gasteiger partial charge in [-0.25, -0.2) is 20.9 Å². The Bertz CT molecular complexity index is 952. The third-order valence-electron chi connectivity index (χ3n) is 5.38. The quantitative estimate of drug-likeness (QED) is 0.499. The van der Waals surface area contributed by atoms with E-state index in [1.54, 1.807) is 12.1 Å². The number of hydrogen-bond donors (Lipinski definition) is 3. The standard InChI is InChI=1S/C18H21N5O6/c1-20-18(8-27-17(26)28-10-4-2-3-5-10)15(25)13(24)14(29-18)11-6-7-12-16(19)21-9-22-23(11)12/h6-7,9-10,13-15,24-25H,2-5,8H2,(H2,19,21,22)/t13-,14-,15-,18+/m0/s1. The zero-order valence-electron chi connectivity index (χ0n) is 15.5. The van der Waals surface area contributed by atoms with Gasteiger partial charge in [0.05, 0.1) is 5.69 Å². The highest BCUT2D eigenvalue weighted by atomic mass is 16.7. The Morgan fingerprint density at radius 2 is 2.17 bits per heavy atom. The summed E-state index contributed by atoms with van der Waals surface area (Å²) in [6.07, 6.45) is -0.526. The van der Waals surface area contributed by atoms with E-state index in [4.69, 9.17) is 26.5 Å². The van der Waals surface area contributed by atoms with Crippen LogP contribution in [0, 0.1) is 6.57 Å². The Hall–Kier alpha value is -2.94. The summed E-state index contributed by atoms with van der Waals surface area (Å²) in [7, 11) is 0. The van der Waals surface area contributed by atoms with Crippen LogP contribution in [-0.2, 0) is 14.2 Å². The number of rotatable bonds is 4. The number of nitrogens with zero attached hydrogens (tertiary/aromatic N) is 4. The minimum Gasteiger partial charge on any atom is -0.431 e. The molecule has 1 saturated carbocycles. The van der Waals surface area contributed by atoms with Crippen molar-refractivity contribution in [2.24, 2.45) is 0 Å². The molecule has 4 rings (SSSR count). The van der Waals surface area contributed by atoms with Crippen molar-refractivity contribution in [3.8, 4) is 0 Å². The number of fused-ring (bicyclic) bond motifs is 1. The molecule has 154 valence electrons. The highest BCUT2D eigenvalue weighted by Crippen LogP contribution is 2.42. The highest BCUT2D eigenvalue weighted by molar-refractivity contribution is 5.65. The predicted octanol–water partition coefficient (Wildman–Crippen LogP) is 0.816. The number of carbonyl (C=O) groups is 1. The molecule has 2 aromatic heterocycles.